The van der Waals surface area contributed by atoms with Crippen LogP contribution in [0.5, 0.6) is 0 Å². The number of urea groups is 1. The number of carbonyl (C=O) groups excluding carboxylic acids is 1. The minimum atomic E-state index is -1.49. The highest BCUT2D eigenvalue weighted by molar-refractivity contribution is 6.31. The molecule has 0 aliphatic carbocycles. The van der Waals surface area contributed by atoms with Gasteiger partial charge in [0.25, 0.3) is 0 Å². The third kappa shape index (κ3) is 5.15. The molecule has 8 heteroatoms. The van der Waals surface area contributed by atoms with Crippen molar-refractivity contribution in [2.45, 2.75) is 19.0 Å². The third-order valence-corrected chi connectivity index (χ3v) is 2.75. The summed E-state index contributed by atoms with van der Waals surface area (Å²) in [5, 5.41) is 22.2. The SMILES string of the molecule is O=C(O)C[C@H](NC(=O)NCc1ccccc1Cl)C(=O)O. The zero-order valence-electron chi connectivity index (χ0n) is 10.3. The number of amides is 2. The van der Waals surface area contributed by atoms with E-state index < -0.39 is 30.4 Å². The van der Waals surface area contributed by atoms with E-state index in [9.17, 15) is 14.4 Å². The molecule has 0 bridgehead atoms. The minimum absolute atomic E-state index is 0.102. The predicted molar refractivity (Wildman–Crippen MR) is 70.5 cm³/mol. The maximum atomic E-state index is 11.5. The zero-order chi connectivity index (χ0) is 15.1. The van der Waals surface area contributed by atoms with Crippen LogP contribution in [0.1, 0.15) is 12.0 Å². The smallest absolute Gasteiger partial charge is 0.326 e. The fourth-order valence-corrected chi connectivity index (χ4v) is 1.60. The van der Waals surface area contributed by atoms with E-state index in [1.165, 1.54) is 0 Å². The number of carbonyl (C=O) groups is 3. The summed E-state index contributed by atoms with van der Waals surface area (Å²) in [6, 6.07) is 4.57. The van der Waals surface area contributed by atoms with Crippen molar-refractivity contribution in [2.24, 2.45) is 0 Å². The highest BCUT2D eigenvalue weighted by Gasteiger charge is 2.22. The van der Waals surface area contributed by atoms with Gasteiger partial charge < -0.3 is 20.8 Å². The molecular formula is C12H13ClN2O5. The lowest BCUT2D eigenvalue weighted by atomic mass is 10.2. The Balaban J connectivity index is 2.52. The Labute approximate surface area is 119 Å². The van der Waals surface area contributed by atoms with Crippen LogP contribution in [0.25, 0.3) is 0 Å². The molecule has 0 unspecified atom stereocenters. The molecular weight excluding hydrogens is 288 g/mol. The normalized spacial score (nSPS) is 11.4. The van der Waals surface area contributed by atoms with Crippen molar-refractivity contribution in [1.29, 1.82) is 0 Å². The van der Waals surface area contributed by atoms with E-state index in [2.05, 4.69) is 10.6 Å². The second kappa shape index (κ2) is 7.34. The van der Waals surface area contributed by atoms with Crippen LogP contribution >= 0.6 is 11.6 Å². The second-order valence-electron chi connectivity index (χ2n) is 3.91. The monoisotopic (exact) mass is 300 g/mol. The van der Waals surface area contributed by atoms with Crippen LogP contribution in [0.15, 0.2) is 24.3 Å². The van der Waals surface area contributed by atoms with E-state index in [0.29, 0.717) is 10.6 Å². The van der Waals surface area contributed by atoms with Gasteiger partial charge in [0.05, 0.1) is 6.42 Å². The van der Waals surface area contributed by atoms with Crippen molar-refractivity contribution < 1.29 is 24.6 Å². The summed E-state index contributed by atoms with van der Waals surface area (Å²) in [4.78, 5) is 32.7. The molecule has 0 fully saturated rings. The predicted octanol–water partition coefficient (Wildman–Crippen LogP) is 1.07. The van der Waals surface area contributed by atoms with Gasteiger partial charge in [0.1, 0.15) is 6.04 Å². The number of benzene rings is 1. The number of halogens is 1. The summed E-state index contributed by atoms with van der Waals surface area (Å²) < 4.78 is 0. The lowest BCUT2D eigenvalue weighted by Crippen LogP contribution is -2.46. The van der Waals surface area contributed by atoms with Gasteiger partial charge in [-0.3, -0.25) is 4.79 Å². The topological polar surface area (TPSA) is 116 Å². The first-order valence-electron chi connectivity index (χ1n) is 5.62. The van der Waals surface area contributed by atoms with Gasteiger partial charge in [-0.25, -0.2) is 9.59 Å². The van der Waals surface area contributed by atoms with E-state index in [1.807, 2.05) is 0 Å². The molecule has 1 aromatic rings. The summed E-state index contributed by atoms with van der Waals surface area (Å²) >= 11 is 5.89. The molecule has 0 aromatic heterocycles. The van der Waals surface area contributed by atoms with Crippen LogP contribution in [0.3, 0.4) is 0 Å². The average Bonchev–Trinajstić information content (AvgIpc) is 2.36. The number of carboxylic acids is 2. The molecule has 4 N–H and O–H groups in total. The van der Waals surface area contributed by atoms with Crippen LogP contribution in [0.4, 0.5) is 4.79 Å². The van der Waals surface area contributed by atoms with Crippen LogP contribution in [0, 0.1) is 0 Å². The standard InChI is InChI=1S/C12H13ClN2O5/c13-8-4-2-1-3-7(8)6-14-12(20)15-9(11(18)19)5-10(16)17/h1-4,9H,5-6H2,(H,16,17)(H,18,19)(H2,14,15,20)/t9-/m0/s1. The summed E-state index contributed by atoms with van der Waals surface area (Å²) in [5.74, 6) is -2.73. The number of hydrogen-bond acceptors (Lipinski definition) is 3. The minimum Gasteiger partial charge on any atom is -0.481 e. The number of carboxylic acid groups (broad SMARTS) is 2. The first-order chi connectivity index (χ1) is 9.40. The number of aliphatic carboxylic acids is 2. The Morgan fingerprint density at radius 1 is 1.20 bits per heavy atom. The van der Waals surface area contributed by atoms with Gasteiger partial charge in [0, 0.05) is 11.6 Å². The molecule has 0 spiro atoms. The van der Waals surface area contributed by atoms with Gasteiger partial charge in [-0.2, -0.15) is 0 Å². The maximum Gasteiger partial charge on any atom is 0.326 e. The Morgan fingerprint density at radius 3 is 2.40 bits per heavy atom. The number of nitrogens with one attached hydrogen (secondary N) is 2. The maximum absolute atomic E-state index is 11.5. The lowest BCUT2D eigenvalue weighted by Gasteiger charge is -2.13. The van der Waals surface area contributed by atoms with Crippen molar-refractivity contribution in [3.8, 4) is 0 Å². The molecule has 2 amide bonds. The Morgan fingerprint density at radius 2 is 1.85 bits per heavy atom. The van der Waals surface area contributed by atoms with E-state index in [0.717, 1.165) is 0 Å². The largest absolute Gasteiger partial charge is 0.481 e. The second-order valence-corrected chi connectivity index (χ2v) is 4.31. The number of hydrogen-bond donors (Lipinski definition) is 4. The molecule has 20 heavy (non-hydrogen) atoms. The first kappa shape index (κ1) is 15.8. The summed E-state index contributed by atoms with van der Waals surface area (Å²) in [7, 11) is 0. The molecule has 0 heterocycles. The van der Waals surface area contributed by atoms with Gasteiger partial charge in [-0.05, 0) is 11.6 Å². The molecule has 108 valence electrons. The molecule has 1 rings (SSSR count). The van der Waals surface area contributed by atoms with Crippen molar-refractivity contribution in [1.82, 2.24) is 10.6 Å². The fourth-order valence-electron chi connectivity index (χ4n) is 1.40. The van der Waals surface area contributed by atoms with Crippen molar-refractivity contribution >= 4 is 29.6 Å². The quantitative estimate of drug-likeness (QED) is 0.627. The molecule has 0 saturated carbocycles. The van der Waals surface area contributed by atoms with Gasteiger partial charge in [-0.15, -0.1) is 0 Å². The van der Waals surface area contributed by atoms with Crippen molar-refractivity contribution in [3.05, 3.63) is 34.9 Å². The molecule has 1 atom stereocenters. The Hall–Kier alpha value is -2.28. The van der Waals surface area contributed by atoms with Gasteiger partial charge in [-0.1, -0.05) is 29.8 Å². The summed E-state index contributed by atoms with van der Waals surface area (Å²) in [6.07, 6.45) is -0.700. The van der Waals surface area contributed by atoms with Crippen LogP contribution in [0.2, 0.25) is 5.02 Å². The molecule has 0 aliphatic heterocycles. The van der Waals surface area contributed by atoms with E-state index in [4.69, 9.17) is 21.8 Å². The van der Waals surface area contributed by atoms with Crippen molar-refractivity contribution in [2.75, 3.05) is 0 Å². The lowest BCUT2D eigenvalue weighted by molar-refractivity contribution is -0.145. The number of rotatable bonds is 6. The van der Waals surface area contributed by atoms with E-state index >= 15 is 0 Å². The van der Waals surface area contributed by atoms with Gasteiger partial charge in [0.15, 0.2) is 0 Å². The summed E-state index contributed by atoms with van der Waals surface area (Å²) in [5.41, 5.74) is 0.662. The Bertz CT molecular complexity index is 520. The Kier molecular flexibility index (Phi) is 5.79. The fraction of sp³-hybridized carbons (Fsp3) is 0.250. The molecule has 1 aromatic carbocycles. The summed E-state index contributed by atoms with van der Waals surface area (Å²) in [6.45, 7) is 0.102. The van der Waals surface area contributed by atoms with E-state index in [1.54, 1.807) is 24.3 Å². The molecule has 0 aliphatic rings. The molecule has 0 radical (unpaired) electrons. The molecule has 0 saturated heterocycles. The highest BCUT2D eigenvalue weighted by Crippen LogP contribution is 2.14. The van der Waals surface area contributed by atoms with Gasteiger partial charge >= 0.3 is 18.0 Å². The van der Waals surface area contributed by atoms with Crippen LogP contribution < -0.4 is 10.6 Å². The van der Waals surface area contributed by atoms with Crippen molar-refractivity contribution in [3.63, 3.8) is 0 Å². The first-order valence-corrected chi connectivity index (χ1v) is 6.00. The molecule has 7 nitrogen and oxygen atoms in total. The highest BCUT2D eigenvalue weighted by atomic mass is 35.5. The average molecular weight is 301 g/mol. The van der Waals surface area contributed by atoms with Crippen LogP contribution in [-0.2, 0) is 16.1 Å². The van der Waals surface area contributed by atoms with Gasteiger partial charge in [0.2, 0.25) is 0 Å². The van der Waals surface area contributed by atoms with Crippen LogP contribution in [-0.4, -0.2) is 34.2 Å². The zero-order valence-corrected chi connectivity index (χ0v) is 11.1. The third-order valence-electron chi connectivity index (χ3n) is 2.38. The van der Waals surface area contributed by atoms with E-state index in [-0.39, 0.29) is 6.54 Å².